The molecule has 1 aliphatic rings. The van der Waals surface area contributed by atoms with Gasteiger partial charge in [-0.1, -0.05) is 0 Å². The first-order valence-electron chi connectivity index (χ1n) is 3.96. The van der Waals surface area contributed by atoms with Crippen molar-refractivity contribution in [1.82, 2.24) is 5.06 Å². The van der Waals surface area contributed by atoms with E-state index in [2.05, 4.69) is 0 Å². The van der Waals surface area contributed by atoms with E-state index >= 15 is 0 Å². The number of hydrogen-bond acceptors (Lipinski definition) is 5. The smallest absolute Gasteiger partial charge is 0.264 e. The third-order valence-electron chi connectivity index (χ3n) is 1.80. The van der Waals surface area contributed by atoms with E-state index in [4.69, 9.17) is 9.29 Å². The van der Waals surface area contributed by atoms with E-state index in [1.54, 1.807) is 0 Å². The lowest BCUT2D eigenvalue weighted by atomic mass is 10.2. The Hall–Kier alpha value is -0.210. The van der Waals surface area contributed by atoms with Crippen LogP contribution in [-0.4, -0.2) is 49.6 Å². The predicted molar refractivity (Wildman–Crippen MR) is 45.7 cm³/mol. The Balaban J connectivity index is 2.29. The molecule has 1 aliphatic heterocycles. The van der Waals surface area contributed by atoms with Gasteiger partial charge >= 0.3 is 0 Å². The minimum absolute atomic E-state index is 0.164. The zero-order valence-corrected chi connectivity index (χ0v) is 7.87. The van der Waals surface area contributed by atoms with E-state index in [0.29, 0.717) is 13.2 Å². The molecule has 0 spiro atoms. The Labute approximate surface area is 76.8 Å². The second kappa shape index (κ2) is 4.34. The first kappa shape index (κ1) is 10.9. The molecule has 78 valence electrons. The van der Waals surface area contributed by atoms with Crippen LogP contribution in [0.5, 0.6) is 0 Å². The van der Waals surface area contributed by atoms with E-state index in [0.717, 1.165) is 5.06 Å². The molecule has 0 saturated carbocycles. The number of ether oxygens (including phenoxy) is 1. The van der Waals surface area contributed by atoms with Crippen molar-refractivity contribution >= 4 is 10.1 Å². The Morgan fingerprint density at radius 2 is 2.31 bits per heavy atom. The second-order valence-corrected chi connectivity index (χ2v) is 4.53. The van der Waals surface area contributed by atoms with Gasteiger partial charge in [-0.25, -0.2) is 0 Å². The van der Waals surface area contributed by atoms with Crippen LogP contribution in [0.3, 0.4) is 0 Å². The van der Waals surface area contributed by atoms with Gasteiger partial charge < -0.3 is 15.0 Å². The highest BCUT2D eigenvalue weighted by atomic mass is 32.2. The average molecular weight is 210 g/mol. The molecule has 13 heavy (non-hydrogen) atoms. The van der Waals surface area contributed by atoms with Gasteiger partial charge in [0.25, 0.3) is 10.1 Å². The summed E-state index contributed by atoms with van der Waals surface area (Å²) in [6.07, 6.45) is -0.217. The monoisotopic (exact) mass is 210 g/mol. The fourth-order valence-electron chi connectivity index (χ4n) is 1.15. The van der Waals surface area contributed by atoms with Gasteiger partial charge in [-0.05, 0) is 6.42 Å². The van der Waals surface area contributed by atoms with Crippen molar-refractivity contribution in [2.75, 3.05) is 25.4 Å². The highest BCUT2D eigenvalue weighted by Gasteiger charge is 2.17. The van der Waals surface area contributed by atoms with Crippen LogP contribution in [0.15, 0.2) is 0 Å². The van der Waals surface area contributed by atoms with Crippen molar-refractivity contribution in [3.63, 3.8) is 0 Å². The molecule has 1 atom stereocenters. The minimum atomic E-state index is -3.94. The molecule has 0 aromatic rings. The number of nitrogens with zero attached hydrogens (tertiary/aromatic N) is 1. The van der Waals surface area contributed by atoms with Crippen LogP contribution in [0.4, 0.5) is 0 Å². The lowest BCUT2D eigenvalue weighted by Crippen LogP contribution is -2.39. The van der Waals surface area contributed by atoms with Crippen molar-refractivity contribution in [3.8, 4) is 0 Å². The maximum atomic E-state index is 10.8. The van der Waals surface area contributed by atoms with Crippen LogP contribution < -0.4 is 0 Å². The number of morpholine rings is 1. The molecule has 1 saturated heterocycles. The first-order valence-corrected chi connectivity index (χ1v) is 5.57. The van der Waals surface area contributed by atoms with Crippen molar-refractivity contribution in [1.29, 1.82) is 0 Å². The van der Waals surface area contributed by atoms with Crippen LogP contribution >= 0.6 is 0 Å². The van der Waals surface area contributed by atoms with E-state index in [1.165, 1.54) is 0 Å². The molecule has 0 amide bonds. The Morgan fingerprint density at radius 3 is 2.85 bits per heavy atom. The molecule has 7 heteroatoms. The molecule has 0 bridgehead atoms. The lowest BCUT2D eigenvalue weighted by Gasteiger charge is -2.37. The molecule has 1 rings (SSSR count). The summed E-state index contributed by atoms with van der Waals surface area (Å²) in [5.41, 5.74) is 0. The van der Waals surface area contributed by atoms with Crippen molar-refractivity contribution in [2.24, 2.45) is 0 Å². The Kier molecular flexibility index (Phi) is 3.63. The summed E-state index contributed by atoms with van der Waals surface area (Å²) >= 11 is 0. The first-order chi connectivity index (χ1) is 5.97. The van der Waals surface area contributed by atoms with Gasteiger partial charge in [0.2, 0.25) is 0 Å². The molecule has 6 nitrogen and oxygen atoms in total. The van der Waals surface area contributed by atoms with Crippen LogP contribution in [0, 0.1) is 5.21 Å². The van der Waals surface area contributed by atoms with Gasteiger partial charge in [0.05, 0.1) is 18.5 Å². The quantitative estimate of drug-likeness (QED) is 0.629. The standard InChI is InChI=1S/C6H12NO5S/c8-7-2-3-12-6(5-7)1-4-13(9,10)11/h6H,1-5H2,(H,9,10,11)/q-1. The van der Waals surface area contributed by atoms with Crippen molar-refractivity contribution in [2.45, 2.75) is 12.5 Å². The summed E-state index contributed by atoms with van der Waals surface area (Å²) in [6, 6.07) is 0. The second-order valence-electron chi connectivity index (χ2n) is 2.96. The van der Waals surface area contributed by atoms with Crippen LogP contribution in [0.25, 0.3) is 0 Å². The summed E-state index contributed by atoms with van der Waals surface area (Å²) in [4.78, 5) is 0. The third-order valence-corrected chi connectivity index (χ3v) is 2.55. The molecule has 1 fully saturated rings. The molecular weight excluding hydrogens is 198 g/mol. The minimum Gasteiger partial charge on any atom is -0.785 e. The molecule has 0 aromatic carbocycles. The van der Waals surface area contributed by atoms with Gasteiger partial charge in [-0.3, -0.25) is 4.55 Å². The lowest BCUT2D eigenvalue weighted by molar-refractivity contribution is -0.0134. The van der Waals surface area contributed by atoms with Gasteiger partial charge in [0, 0.05) is 13.1 Å². The zero-order valence-electron chi connectivity index (χ0n) is 7.05. The molecule has 1 unspecified atom stereocenters. The van der Waals surface area contributed by atoms with Crippen molar-refractivity contribution in [3.05, 3.63) is 5.21 Å². The maximum absolute atomic E-state index is 10.8. The van der Waals surface area contributed by atoms with E-state index < -0.39 is 10.1 Å². The van der Waals surface area contributed by atoms with Gasteiger partial charge in [-0.15, -0.1) is 0 Å². The molecule has 1 N–H and O–H groups in total. The zero-order chi connectivity index (χ0) is 9.90. The fourth-order valence-corrected chi connectivity index (χ4v) is 1.71. The Morgan fingerprint density at radius 1 is 1.62 bits per heavy atom. The predicted octanol–water partition coefficient (Wildman–Crippen LogP) is -0.537. The number of hydroxylamine groups is 2. The SMILES string of the molecule is O=S(=O)(O)CCC1CN([O-])CCO1. The largest absolute Gasteiger partial charge is 0.785 e. The van der Waals surface area contributed by atoms with E-state index in [9.17, 15) is 13.6 Å². The Bertz CT molecular complexity index is 252. The summed E-state index contributed by atoms with van der Waals surface area (Å²) in [7, 11) is -3.94. The summed E-state index contributed by atoms with van der Waals surface area (Å²) in [5.74, 6) is -0.356. The van der Waals surface area contributed by atoms with Gasteiger partial charge in [-0.2, -0.15) is 8.42 Å². The molecule has 1 heterocycles. The van der Waals surface area contributed by atoms with E-state index in [-0.39, 0.29) is 24.8 Å². The number of rotatable bonds is 3. The summed E-state index contributed by atoms with van der Waals surface area (Å²) in [5, 5.41) is 11.7. The molecule has 0 aliphatic carbocycles. The fraction of sp³-hybridized carbons (Fsp3) is 1.00. The van der Waals surface area contributed by atoms with Crippen LogP contribution in [0.2, 0.25) is 0 Å². The molecule has 0 aromatic heterocycles. The van der Waals surface area contributed by atoms with Gasteiger partial charge in [0.1, 0.15) is 0 Å². The highest BCUT2D eigenvalue weighted by molar-refractivity contribution is 7.85. The highest BCUT2D eigenvalue weighted by Crippen LogP contribution is 2.08. The maximum Gasteiger partial charge on any atom is 0.264 e. The van der Waals surface area contributed by atoms with Crippen LogP contribution in [0.1, 0.15) is 6.42 Å². The molecular formula is C6H12NO5S-. The summed E-state index contributed by atoms with van der Waals surface area (Å²) in [6.45, 7) is 0.817. The number of hydrogen-bond donors (Lipinski definition) is 1. The van der Waals surface area contributed by atoms with Crippen molar-refractivity contribution < 1.29 is 17.7 Å². The summed E-state index contributed by atoms with van der Waals surface area (Å²) < 4.78 is 34.3. The normalized spacial score (nSPS) is 26.2. The average Bonchev–Trinajstić information content (AvgIpc) is 2.00. The van der Waals surface area contributed by atoms with Gasteiger partial charge in [0.15, 0.2) is 0 Å². The topological polar surface area (TPSA) is 89.9 Å². The van der Waals surface area contributed by atoms with Crippen LogP contribution in [-0.2, 0) is 14.9 Å². The van der Waals surface area contributed by atoms with E-state index in [1.807, 2.05) is 0 Å². The molecule has 0 radical (unpaired) electrons. The third kappa shape index (κ3) is 4.53.